The SMILES string of the molecule is COc1ccc(-c2noc(CNC(=O)c3cc(Cl)ccc3Cl)n2)cc1. The van der Waals surface area contributed by atoms with Crippen molar-refractivity contribution in [3.05, 3.63) is 64.0 Å². The van der Waals surface area contributed by atoms with Crippen LogP contribution in [0.2, 0.25) is 10.0 Å². The van der Waals surface area contributed by atoms with Crippen LogP contribution in [-0.2, 0) is 6.54 Å². The Balaban J connectivity index is 1.67. The van der Waals surface area contributed by atoms with E-state index in [-0.39, 0.29) is 23.9 Å². The molecule has 0 saturated carbocycles. The fourth-order valence-corrected chi connectivity index (χ4v) is 2.48. The Hall–Kier alpha value is -2.57. The van der Waals surface area contributed by atoms with Crippen molar-refractivity contribution in [3.63, 3.8) is 0 Å². The lowest BCUT2D eigenvalue weighted by Crippen LogP contribution is -2.23. The third-order valence-electron chi connectivity index (χ3n) is 3.39. The van der Waals surface area contributed by atoms with Crippen LogP contribution in [0, 0.1) is 0 Å². The Morgan fingerprint density at radius 3 is 2.68 bits per heavy atom. The van der Waals surface area contributed by atoms with E-state index in [1.54, 1.807) is 31.4 Å². The van der Waals surface area contributed by atoms with Gasteiger partial charge in [0.05, 0.1) is 24.2 Å². The van der Waals surface area contributed by atoms with E-state index in [4.69, 9.17) is 32.5 Å². The summed E-state index contributed by atoms with van der Waals surface area (Å²) in [5, 5.41) is 7.30. The van der Waals surface area contributed by atoms with E-state index in [2.05, 4.69) is 15.5 Å². The number of hydrogen-bond donors (Lipinski definition) is 1. The van der Waals surface area contributed by atoms with E-state index in [9.17, 15) is 4.79 Å². The fraction of sp³-hybridized carbons (Fsp3) is 0.118. The standard InChI is InChI=1S/C17H13Cl2N3O3/c1-24-12-5-2-10(3-6-12)16-21-15(25-22-16)9-20-17(23)13-8-11(18)4-7-14(13)19/h2-8H,9H2,1H3,(H,20,23). The van der Waals surface area contributed by atoms with Crippen LogP contribution in [0.5, 0.6) is 5.75 Å². The summed E-state index contributed by atoms with van der Waals surface area (Å²) in [6.07, 6.45) is 0. The first-order chi connectivity index (χ1) is 12.1. The highest BCUT2D eigenvalue weighted by molar-refractivity contribution is 6.35. The highest BCUT2D eigenvalue weighted by atomic mass is 35.5. The second kappa shape index (κ2) is 7.55. The number of benzene rings is 2. The number of amides is 1. The summed E-state index contributed by atoms with van der Waals surface area (Å²) in [5.74, 6) is 1.06. The third-order valence-corrected chi connectivity index (χ3v) is 3.95. The first kappa shape index (κ1) is 17.3. The Morgan fingerprint density at radius 1 is 1.20 bits per heavy atom. The molecule has 0 radical (unpaired) electrons. The van der Waals surface area contributed by atoms with Crippen molar-refractivity contribution in [2.75, 3.05) is 7.11 Å². The molecule has 0 aliphatic heterocycles. The number of nitrogens with zero attached hydrogens (tertiary/aromatic N) is 2. The van der Waals surface area contributed by atoms with Crippen molar-refractivity contribution in [1.82, 2.24) is 15.5 Å². The molecular formula is C17H13Cl2N3O3. The molecule has 1 N–H and O–H groups in total. The zero-order chi connectivity index (χ0) is 17.8. The lowest BCUT2D eigenvalue weighted by molar-refractivity contribution is 0.0946. The smallest absolute Gasteiger partial charge is 0.253 e. The number of aromatic nitrogens is 2. The van der Waals surface area contributed by atoms with E-state index < -0.39 is 0 Å². The van der Waals surface area contributed by atoms with Crippen LogP contribution in [0.1, 0.15) is 16.2 Å². The first-order valence-electron chi connectivity index (χ1n) is 7.27. The quantitative estimate of drug-likeness (QED) is 0.727. The van der Waals surface area contributed by atoms with Gasteiger partial charge in [-0.3, -0.25) is 4.79 Å². The van der Waals surface area contributed by atoms with Crippen molar-refractivity contribution < 1.29 is 14.1 Å². The summed E-state index contributed by atoms with van der Waals surface area (Å²) in [5.41, 5.74) is 1.06. The number of nitrogens with one attached hydrogen (secondary N) is 1. The molecule has 128 valence electrons. The molecular weight excluding hydrogens is 365 g/mol. The van der Waals surface area contributed by atoms with Gasteiger partial charge < -0.3 is 14.6 Å². The maximum absolute atomic E-state index is 12.2. The number of hydrogen-bond acceptors (Lipinski definition) is 5. The number of ether oxygens (including phenoxy) is 1. The fourth-order valence-electron chi connectivity index (χ4n) is 2.11. The number of carbonyl (C=O) groups excluding carboxylic acids is 1. The van der Waals surface area contributed by atoms with Crippen LogP contribution in [0.4, 0.5) is 0 Å². The largest absolute Gasteiger partial charge is 0.497 e. The van der Waals surface area contributed by atoms with Crippen LogP contribution in [-0.4, -0.2) is 23.2 Å². The summed E-state index contributed by atoms with van der Waals surface area (Å²) >= 11 is 11.9. The monoisotopic (exact) mass is 377 g/mol. The molecule has 1 aromatic heterocycles. The zero-order valence-corrected chi connectivity index (χ0v) is 14.6. The molecule has 0 unspecified atom stereocenters. The molecule has 0 atom stereocenters. The van der Waals surface area contributed by atoms with Crippen molar-refractivity contribution in [1.29, 1.82) is 0 Å². The molecule has 3 rings (SSSR count). The van der Waals surface area contributed by atoms with E-state index >= 15 is 0 Å². The van der Waals surface area contributed by atoms with Crippen LogP contribution >= 0.6 is 23.2 Å². The summed E-state index contributed by atoms with van der Waals surface area (Å²) in [6.45, 7) is 0.0742. The Morgan fingerprint density at radius 2 is 1.96 bits per heavy atom. The molecule has 0 saturated heterocycles. The summed E-state index contributed by atoms with van der Waals surface area (Å²) in [6, 6.07) is 11.9. The lowest BCUT2D eigenvalue weighted by atomic mass is 10.2. The van der Waals surface area contributed by atoms with E-state index in [1.807, 2.05) is 12.1 Å². The lowest BCUT2D eigenvalue weighted by Gasteiger charge is -2.04. The third kappa shape index (κ3) is 4.10. The molecule has 3 aromatic rings. The van der Waals surface area contributed by atoms with Gasteiger partial charge in [0.2, 0.25) is 11.7 Å². The molecule has 1 heterocycles. The van der Waals surface area contributed by atoms with Gasteiger partial charge in [-0.05, 0) is 42.5 Å². The van der Waals surface area contributed by atoms with E-state index in [1.165, 1.54) is 6.07 Å². The molecule has 0 spiro atoms. The zero-order valence-electron chi connectivity index (χ0n) is 13.1. The van der Waals surface area contributed by atoms with Gasteiger partial charge in [0.1, 0.15) is 5.75 Å². The topological polar surface area (TPSA) is 77.3 Å². The average Bonchev–Trinajstić information content (AvgIpc) is 3.11. The predicted molar refractivity (Wildman–Crippen MR) is 93.9 cm³/mol. The molecule has 2 aromatic carbocycles. The van der Waals surface area contributed by atoms with Gasteiger partial charge in [0, 0.05) is 10.6 Å². The molecule has 1 amide bonds. The van der Waals surface area contributed by atoms with Crippen LogP contribution in [0.15, 0.2) is 47.0 Å². The minimum Gasteiger partial charge on any atom is -0.497 e. The number of halogens is 2. The average molecular weight is 378 g/mol. The minimum absolute atomic E-state index is 0.0742. The maximum atomic E-state index is 12.2. The van der Waals surface area contributed by atoms with Crippen molar-refractivity contribution in [3.8, 4) is 17.1 Å². The molecule has 0 fully saturated rings. The second-order valence-corrected chi connectivity index (χ2v) is 5.89. The van der Waals surface area contributed by atoms with Gasteiger partial charge in [-0.25, -0.2) is 0 Å². The van der Waals surface area contributed by atoms with Gasteiger partial charge in [-0.2, -0.15) is 4.98 Å². The predicted octanol–water partition coefficient (Wildman–Crippen LogP) is 3.98. The van der Waals surface area contributed by atoms with E-state index in [0.29, 0.717) is 15.9 Å². The van der Waals surface area contributed by atoms with Gasteiger partial charge in [0.25, 0.3) is 5.91 Å². The number of carbonyl (C=O) groups is 1. The Labute approximate surface area is 153 Å². The normalized spacial score (nSPS) is 10.5. The maximum Gasteiger partial charge on any atom is 0.253 e. The van der Waals surface area contributed by atoms with Crippen LogP contribution in [0.25, 0.3) is 11.4 Å². The number of rotatable bonds is 5. The number of methoxy groups -OCH3 is 1. The Bertz CT molecular complexity index is 894. The highest BCUT2D eigenvalue weighted by Gasteiger charge is 2.13. The minimum atomic E-state index is -0.378. The molecule has 0 bridgehead atoms. The van der Waals surface area contributed by atoms with Gasteiger partial charge >= 0.3 is 0 Å². The van der Waals surface area contributed by atoms with Crippen molar-refractivity contribution in [2.24, 2.45) is 0 Å². The van der Waals surface area contributed by atoms with Crippen LogP contribution < -0.4 is 10.1 Å². The summed E-state index contributed by atoms with van der Waals surface area (Å²) < 4.78 is 10.3. The summed E-state index contributed by atoms with van der Waals surface area (Å²) in [4.78, 5) is 16.4. The molecule has 8 heteroatoms. The molecule has 25 heavy (non-hydrogen) atoms. The first-order valence-corrected chi connectivity index (χ1v) is 8.02. The van der Waals surface area contributed by atoms with Crippen molar-refractivity contribution in [2.45, 2.75) is 6.54 Å². The van der Waals surface area contributed by atoms with Crippen LogP contribution in [0.3, 0.4) is 0 Å². The molecule has 0 aliphatic rings. The molecule has 0 aliphatic carbocycles. The molecule has 6 nitrogen and oxygen atoms in total. The highest BCUT2D eigenvalue weighted by Crippen LogP contribution is 2.21. The Kier molecular flexibility index (Phi) is 5.21. The summed E-state index contributed by atoms with van der Waals surface area (Å²) in [7, 11) is 1.59. The van der Waals surface area contributed by atoms with Gasteiger partial charge in [0.15, 0.2) is 0 Å². The van der Waals surface area contributed by atoms with E-state index in [0.717, 1.165) is 11.3 Å². The van der Waals surface area contributed by atoms with Gasteiger partial charge in [-0.15, -0.1) is 0 Å². The van der Waals surface area contributed by atoms with Gasteiger partial charge in [-0.1, -0.05) is 28.4 Å². The van der Waals surface area contributed by atoms with Crippen molar-refractivity contribution >= 4 is 29.1 Å². The second-order valence-electron chi connectivity index (χ2n) is 5.05.